The molecule has 0 saturated heterocycles. The van der Waals surface area contributed by atoms with Crippen LogP contribution < -0.4 is 5.32 Å². The molecule has 0 radical (unpaired) electrons. The smallest absolute Gasteiger partial charge is 0.407 e. The summed E-state index contributed by atoms with van der Waals surface area (Å²) in [5.41, 5.74) is -0.594. The lowest BCUT2D eigenvalue weighted by Crippen LogP contribution is -2.49. The highest BCUT2D eigenvalue weighted by Crippen LogP contribution is 2.16. The van der Waals surface area contributed by atoms with Gasteiger partial charge < -0.3 is 15.2 Å². The molecule has 0 fully saturated rings. The number of hydrogen-bond donors (Lipinski definition) is 2. The number of alkyl carbamates (subject to hydrolysis) is 1. The fraction of sp³-hybridized carbons (Fsp3) is 0.867. The van der Waals surface area contributed by atoms with Gasteiger partial charge in [-0.15, -0.1) is 0 Å². The van der Waals surface area contributed by atoms with E-state index in [-0.39, 0.29) is 11.7 Å². The Kier molecular flexibility index (Phi) is 7.20. The molecule has 5 nitrogen and oxygen atoms in total. The second-order valence-electron chi connectivity index (χ2n) is 6.77. The van der Waals surface area contributed by atoms with E-state index in [0.29, 0.717) is 6.42 Å². The van der Waals surface area contributed by atoms with Crippen LogP contribution in [0.1, 0.15) is 54.9 Å². The van der Waals surface area contributed by atoms with Crippen molar-refractivity contribution in [3.63, 3.8) is 0 Å². The monoisotopic (exact) mass is 287 g/mol. The molecule has 118 valence electrons. The number of carbonyl (C=O) groups excluding carboxylic acids is 2. The molecule has 0 aliphatic heterocycles. The number of aliphatic hydroxyl groups is 1. The maximum absolute atomic E-state index is 11.8. The number of amides is 1. The lowest BCUT2D eigenvalue weighted by Gasteiger charge is -2.30. The van der Waals surface area contributed by atoms with E-state index in [1.807, 2.05) is 13.8 Å². The molecule has 0 aromatic heterocycles. The number of rotatable bonds is 6. The molecule has 20 heavy (non-hydrogen) atoms. The van der Waals surface area contributed by atoms with Crippen LogP contribution in [0.25, 0.3) is 0 Å². The first-order valence-corrected chi connectivity index (χ1v) is 7.12. The molecule has 0 aliphatic carbocycles. The van der Waals surface area contributed by atoms with Crippen molar-refractivity contribution in [2.24, 2.45) is 11.8 Å². The average Bonchev–Trinajstić information content (AvgIpc) is 2.22. The number of nitrogens with one attached hydrogen (secondary N) is 1. The second kappa shape index (κ2) is 7.62. The van der Waals surface area contributed by atoms with Crippen LogP contribution in [0.5, 0.6) is 0 Å². The Bertz CT molecular complexity index is 333. The first kappa shape index (κ1) is 18.9. The summed E-state index contributed by atoms with van der Waals surface area (Å²) in [6.07, 6.45) is -0.904. The van der Waals surface area contributed by atoms with Crippen molar-refractivity contribution in [2.75, 3.05) is 0 Å². The average molecular weight is 287 g/mol. The zero-order valence-corrected chi connectivity index (χ0v) is 13.7. The van der Waals surface area contributed by atoms with E-state index in [4.69, 9.17) is 4.74 Å². The minimum atomic E-state index is -0.914. The van der Waals surface area contributed by atoms with Gasteiger partial charge in [-0.2, -0.15) is 0 Å². The van der Waals surface area contributed by atoms with Gasteiger partial charge in [-0.3, -0.25) is 4.79 Å². The van der Waals surface area contributed by atoms with Gasteiger partial charge in [-0.05, 0) is 40.0 Å². The van der Waals surface area contributed by atoms with Crippen molar-refractivity contribution in [1.29, 1.82) is 0 Å². The molecule has 5 heteroatoms. The maximum Gasteiger partial charge on any atom is 0.407 e. The van der Waals surface area contributed by atoms with Crippen LogP contribution in [0, 0.1) is 11.8 Å². The third-order valence-electron chi connectivity index (χ3n) is 2.99. The molecule has 0 aromatic carbocycles. The Morgan fingerprint density at radius 2 is 1.70 bits per heavy atom. The summed E-state index contributed by atoms with van der Waals surface area (Å²) in [6, 6.07) is -0.497. The van der Waals surface area contributed by atoms with Crippen LogP contribution in [-0.4, -0.2) is 34.7 Å². The van der Waals surface area contributed by atoms with E-state index in [1.54, 1.807) is 27.7 Å². The third kappa shape index (κ3) is 7.48. The summed E-state index contributed by atoms with van der Waals surface area (Å²) in [5.74, 6) is -0.338. The fourth-order valence-corrected chi connectivity index (χ4v) is 1.84. The molecule has 0 spiro atoms. The molecule has 2 N–H and O–H groups in total. The minimum absolute atomic E-state index is 0.0998. The Labute approximate surface area is 122 Å². The quantitative estimate of drug-likeness (QED) is 0.787. The molecule has 0 unspecified atom stereocenters. The van der Waals surface area contributed by atoms with Gasteiger partial charge >= 0.3 is 6.09 Å². The van der Waals surface area contributed by atoms with E-state index in [9.17, 15) is 14.7 Å². The lowest BCUT2D eigenvalue weighted by atomic mass is 9.90. The predicted molar refractivity (Wildman–Crippen MR) is 78.5 cm³/mol. The van der Waals surface area contributed by atoms with Crippen molar-refractivity contribution >= 4 is 11.9 Å². The van der Waals surface area contributed by atoms with Crippen LogP contribution in [-0.2, 0) is 9.53 Å². The van der Waals surface area contributed by atoms with Gasteiger partial charge in [0.15, 0.2) is 0 Å². The number of hydrogen-bond acceptors (Lipinski definition) is 4. The van der Waals surface area contributed by atoms with Gasteiger partial charge in [-0.25, -0.2) is 4.79 Å². The van der Waals surface area contributed by atoms with Gasteiger partial charge in [-0.1, -0.05) is 20.8 Å². The predicted octanol–water partition coefficient (Wildman–Crippen LogP) is 2.51. The molecule has 0 heterocycles. The highest BCUT2D eigenvalue weighted by Gasteiger charge is 2.30. The number of carbonyl (C=O) groups is 2. The highest BCUT2D eigenvalue weighted by atomic mass is 16.6. The largest absolute Gasteiger partial charge is 0.444 e. The van der Waals surface area contributed by atoms with Crippen LogP contribution in [0.15, 0.2) is 0 Å². The van der Waals surface area contributed by atoms with Gasteiger partial charge in [0.2, 0.25) is 0 Å². The molecule has 0 aliphatic rings. The number of Topliss-reactive ketones (excluding diaryl/α,β-unsaturated/α-hetero) is 1. The lowest BCUT2D eigenvalue weighted by molar-refractivity contribution is -0.124. The summed E-state index contributed by atoms with van der Waals surface area (Å²) >= 11 is 0. The van der Waals surface area contributed by atoms with Gasteiger partial charge in [0.05, 0.1) is 12.1 Å². The van der Waals surface area contributed by atoms with Crippen molar-refractivity contribution in [3.05, 3.63) is 0 Å². The summed E-state index contributed by atoms with van der Waals surface area (Å²) in [5, 5.41) is 12.9. The molecule has 3 atom stereocenters. The maximum atomic E-state index is 11.8. The summed E-state index contributed by atoms with van der Waals surface area (Å²) < 4.78 is 5.19. The topological polar surface area (TPSA) is 75.6 Å². The summed E-state index contributed by atoms with van der Waals surface area (Å²) in [4.78, 5) is 23.2. The van der Waals surface area contributed by atoms with Crippen LogP contribution in [0.4, 0.5) is 4.79 Å². The van der Waals surface area contributed by atoms with Crippen LogP contribution in [0.2, 0.25) is 0 Å². The van der Waals surface area contributed by atoms with E-state index in [1.165, 1.54) is 6.92 Å². The zero-order valence-electron chi connectivity index (χ0n) is 13.7. The molecular formula is C15H29NO4. The highest BCUT2D eigenvalue weighted by molar-refractivity contribution is 5.78. The Morgan fingerprint density at radius 3 is 2.05 bits per heavy atom. The number of ketones is 1. The standard InChI is InChI=1S/C15H29NO4/c1-9(2)8-12(13(18)10(3)11(4)17)16-14(19)20-15(5,6)7/h9-10,12-13,18H,8H2,1-7H3,(H,16,19)/t10-,12+,13+/m1/s1. The Morgan fingerprint density at radius 1 is 1.20 bits per heavy atom. The third-order valence-corrected chi connectivity index (χ3v) is 2.99. The van der Waals surface area contributed by atoms with Crippen molar-refractivity contribution in [2.45, 2.75) is 72.6 Å². The number of ether oxygens (including phenoxy) is 1. The molecule has 0 rings (SSSR count). The molecule has 0 aromatic rings. The molecule has 0 saturated carbocycles. The SMILES string of the molecule is CC(=O)[C@@H](C)[C@H](O)[C@H](CC(C)C)NC(=O)OC(C)(C)C. The van der Waals surface area contributed by atoms with Crippen LogP contribution >= 0.6 is 0 Å². The molecule has 1 amide bonds. The second-order valence-corrected chi connectivity index (χ2v) is 6.77. The molecular weight excluding hydrogens is 258 g/mol. The first-order valence-electron chi connectivity index (χ1n) is 7.12. The fourth-order valence-electron chi connectivity index (χ4n) is 1.84. The Balaban J connectivity index is 4.80. The summed E-state index contributed by atoms with van der Waals surface area (Å²) in [7, 11) is 0. The summed E-state index contributed by atoms with van der Waals surface area (Å²) in [6.45, 7) is 12.4. The van der Waals surface area contributed by atoms with E-state index in [0.717, 1.165) is 0 Å². The Hall–Kier alpha value is -1.10. The van der Waals surface area contributed by atoms with Gasteiger partial charge in [0.25, 0.3) is 0 Å². The van der Waals surface area contributed by atoms with E-state index in [2.05, 4.69) is 5.32 Å². The zero-order chi connectivity index (χ0) is 16.1. The van der Waals surface area contributed by atoms with Gasteiger partial charge in [0, 0.05) is 5.92 Å². The van der Waals surface area contributed by atoms with Crippen molar-refractivity contribution in [1.82, 2.24) is 5.32 Å². The van der Waals surface area contributed by atoms with Gasteiger partial charge in [0.1, 0.15) is 11.4 Å². The van der Waals surface area contributed by atoms with E-state index >= 15 is 0 Å². The van der Waals surface area contributed by atoms with Crippen LogP contribution in [0.3, 0.4) is 0 Å². The molecule has 0 bridgehead atoms. The first-order chi connectivity index (χ1) is 8.94. The van der Waals surface area contributed by atoms with Crippen molar-refractivity contribution in [3.8, 4) is 0 Å². The van der Waals surface area contributed by atoms with Crippen molar-refractivity contribution < 1.29 is 19.4 Å². The normalized spacial score (nSPS) is 16.4. The minimum Gasteiger partial charge on any atom is -0.444 e. The number of aliphatic hydroxyl groups excluding tert-OH is 1. The van der Waals surface area contributed by atoms with E-state index < -0.39 is 29.8 Å².